The standard InChI is InChI=1S/C4H7NOS.2C2H3N/c1-7(6)4-2-3-5;2*1-2-3/h2,4H2,1H3;2*1H3. The Kier molecular flexibility index (Phi) is 30.4. The van der Waals surface area contributed by atoms with E-state index in [1.54, 1.807) is 18.4 Å². The van der Waals surface area contributed by atoms with Crippen LogP contribution in [-0.4, -0.2) is 16.2 Å². The quantitative estimate of drug-likeness (QED) is 0.671. The third kappa shape index (κ3) is 115. The summed E-state index contributed by atoms with van der Waals surface area (Å²) in [6.45, 7) is 2.86. The molecule has 0 N–H and O–H groups in total. The molecule has 0 saturated heterocycles. The van der Waals surface area contributed by atoms with Crippen LogP contribution >= 0.6 is 0 Å². The molecule has 0 aromatic heterocycles. The minimum Gasteiger partial charge on any atom is -0.260 e. The summed E-state index contributed by atoms with van der Waals surface area (Å²) >= 11 is 0. The molecule has 72 valence electrons. The summed E-state index contributed by atoms with van der Waals surface area (Å²) in [5.74, 6) is 0.510. The van der Waals surface area contributed by atoms with Crippen molar-refractivity contribution in [2.45, 2.75) is 20.3 Å². The Labute approximate surface area is 81.9 Å². The molecule has 0 rings (SSSR count). The normalized spacial score (nSPS) is 8.00. The Hall–Kier alpha value is -1.38. The van der Waals surface area contributed by atoms with Gasteiger partial charge in [-0.05, 0) is 0 Å². The van der Waals surface area contributed by atoms with Crippen molar-refractivity contribution in [2.24, 2.45) is 0 Å². The molecule has 0 amide bonds. The number of nitriles is 3. The van der Waals surface area contributed by atoms with Crippen molar-refractivity contribution in [2.75, 3.05) is 12.0 Å². The van der Waals surface area contributed by atoms with E-state index in [-0.39, 0.29) is 0 Å². The van der Waals surface area contributed by atoms with Gasteiger partial charge in [0.05, 0.1) is 18.2 Å². The lowest BCUT2D eigenvalue weighted by molar-refractivity contribution is 0.686. The van der Waals surface area contributed by atoms with Gasteiger partial charge >= 0.3 is 0 Å². The third-order valence-corrected chi connectivity index (χ3v) is 1.28. The zero-order valence-electron chi connectivity index (χ0n) is 8.07. The van der Waals surface area contributed by atoms with Crippen LogP contribution in [0.4, 0.5) is 0 Å². The molecule has 0 aliphatic heterocycles. The molecule has 1 unspecified atom stereocenters. The van der Waals surface area contributed by atoms with Gasteiger partial charge in [0.1, 0.15) is 0 Å². The van der Waals surface area contributed by atoms with Crippen molar-refractivity contribution in [1.29, 1.82) is 15.8 Å². The summed E-state index contributed by atoms with van der Waals surface area (Å²) in [7, 11) is -0.788. The second-order valence-electron chi connectivity index (χ2n) is 1.63. The number of hydrogen-bond donors (Lipinski definition) is 0. The first-order valence-electron chi connectivity index (χ1n) is 3.39. The minimum absolute atomic E-state index is 0.406. The van der Waals surface area contributed by atoms with Crippen LogP contribution in [0.1, 0.15) is 20.3 Å². The van der Waals surface area contributed by atoms with Crippen LogP contribution < -0.4 is 0 Å². The fourth-order valence-corrected chi connectivity index (χ4v) is 0.568. The summed E-state index contributed by atoms with van der Waals surface area (Å²) in [5.41, 5.74) is 0. The van der Waals surface area contributed by atoms with Crippen LogP contribution in [0.15, 0.2) is 0 Å². The smallest absolute Gasteiger partial charge is 0.0631 e. The van der Waals surface area contributed by atoms with Crippen LogP contribution in [-0.2, 0) is 10.8 Å². The molecule has 0 aliphatic carbocycles. The van der Waals surface area contributed by atoms with Crippen molar-refractivity contribution < 1.29 is 4.21 Å². The highest BCUT2D eigenvalue weighted by Crippen LogP contribution is 1.77. The molecule has 0 aromatic rings. The fourth-order valence-electron chi connectivity index (χ4n) is 0.189. The van der Waals surface area contributed by atoms with E-state index in [2.05, 4.69) is 0 Å². The summed E-state index contributed by atoms with van der Waals surface area (Å²) in [6, 6.07) is 5.41. The highest BCUT2D eigenvalue weighted by Gasteiger charge is 1.85. The lowest BCUT2D eigenvalue weighted by atomic mass is 10.6. The number of nitrogens with zero attached hydrogens (tertiary/aromatic N) is 3. The first kappa shape index (κ1) is 17.6. The van der Waals surface area contributed by atoms with E-state index in [1.165, 1.54) is 13.8 Å². The van der Waals surface area contributed by atoms with Crippen LogP contribution in [0, 0.1) is 34.0 Å². The van der Waals surface area contributed by atoms with E-state index in [1.807, 2.05) is 6.07 Å². The number of hydrogen-bond acceptors (Lipinski definition) is 4. The van der Waals surface area contributed by atoms with E-state index in [0.29, 0.717) is 12.2 Å². The molecular weight excluding hydrogens is 186 g/mol. The van der Waals surface area contributed by atoms with Crippen molar-refractivity contribution in [1.82, 2.24) is 0 Å². The lowest BCUT2D eigenvalue weighted by Gasteiger charge is -1.81. The molecule has 1 atom stereocenters. The van der Waals surface area contributed by atoms with Crippen LogP contribution in [0.2, 0.25) is 0 Å². The van der Waals surface area contributed by atoms with Crippen LogP contribution in [0.5, 0.6) is 0 Å². The molecule has 0 radical (unpaired) electrons. The van der Waals surface area contributed by atoms with Crippen molar-refractivity contribution in [3.8, 4) is 18.2 Å². The highest BCUT2D eigenvalue weighted by atomic mass is 32.2. The second-order valence-corrected chi connectivity index (χ2v) is 3.19. The Morgan fingerprint density at radius 1 is 1.15 bits per heavy atom. The van der Waals surface area contributed by atoms with E-state index >= 15 is 0 Å². The third-order valence-electron chi connectivity index (χ3n) is 0.501. The maximum atomic E-state index is 10.2. The van der Waals surface area contributed by atoms with Gasteiger partial charge in [0.2, 0.25) is 0 Å². The maximum Gasteiger partial charge on any atom is 0.0631 e. The van der Waals surface area contributed by atoms with E-state index < -0.39 is 10.8 Å². The molecule has 0 heterocycles. The first-order chi connectivity index (χ1) is 6.10. The summed E-state index contributed by atoms with van der Waals surface area (Å²) < 4.78 is 10.2. The first-order valence-corrected chi connectivity index (χ1v) is 5.12. The topological polar surface area (TPSA) is 88.4 Å². The Balaban J connectivity index is -0.000000140. The van der Waals surface area contributed by atoms with Gasteiger partial charge in [-0.2, -0.15) is 15.8 Å². The van der Waals surface area contributed by atoms with Gasteiger partial charge in [-0.3, -0.25) is 4.21 Å². The van der Waals surface area contributed by atoms with Crippen molar-refractivity contribution in [3.05, 3.63) is 0 Å². The molecule has 0 fully saturated rings. The fraction of sp³-hybridized carbons (Fsp3) is 0.625. The molecule has 5 heteroatoms. The van der Waals surface area contributed by atoms with E-state index in [0.717, 1.165) is 0 Å². The molecule has 0 aliphatic rings. The van der Waals surface area contributed by atoms with Crippen LogP contribution in [0.25, 0.3) is 0 Å². The average Bonchev–Trinajstić information content (AvgIpc) is 2.04. The summed E-state index contributed by atoms with van der Waals surface area (Å²) in [6.07, 6.45) is 2.00. The second kappa shape index (κ2) is 22.4. The molecule has 0 spiro atoms. The molecule has 0 aromatic carbocycles. The Morgan fingerprint density at radius 2 is 1.46 bits per heavy atom. The van der Waals surface area contributed by atoms with E-state index in [4.69, 9.17) is 15.8 Å². The van der Waals surface area contributed by atoms with E-state index in [9.17, 15) is 4.21 Å². The maximum absolute atomic E-state index is 10.2. The van der Waals surface area contributed by atoms with Crippen LogP contribution in [0.3, 0.4) is 0 Å². The van der Waals surface area contributed by atoms with Gasteiger partial charge in [0.25, 0.3) is 0 Å². The van der Waals surface area contributed by atoms with Gasteiger partial charge in [-0.1, -0.05) is 0 Å². The molecule has 0 saturated carbocycles. The largest absolute Gasteiger partial charge is 0.260 e. The van der Waals surface area contributed by atoms with Gasteiger partial charge in [-0.25, -0.2) is 0 Å². The SMILES string of the molecule is CC#N.CC#N.CS(=O)CCC#N. The molecule has 0 bridgehead atoms. The van der Waals surface area contributed by atoms with Gasteiger partial charge < -0.3 is 0 Å². The Morgan fingerprint density at radius 3 is 1.54 bits per heavy atom. The zero-order chi connectivity index (χ0) is 11.1. The minimum atomic E-state index is -0.788. The molecular formula is C8H13N3OS. The Bertz CT molecular complexity index is 219. The van der Waals surface area contributed by atoms with Gasteiger partial charge in [-0.15, -0.1) is 0 Å². The summed E-state index contributed by atoms with van der Waals surface area (Å²) in [5, 5.41) is 22.6. The van der Waals surface area contributed by atoms with Crippen molar-refractivity contribution >= 4 is 10.8 Å². The number of rotatable bonds is 2. The molecule has 13 heavy (non-hydrogen) atoms. The molecule has 4 nitrogen and oxygen atoms in total. The van der Waals surface area contributed by atoms with Gasteiger partial charge in [0, 0.05) is 43.1 Å². The predicted octanol–water partition coefficient (Wildman–Crippen LogP) is 1.34. The predicted molar refractivity (Wildman–Crippen MR) is 51.7 cm³/mol. The van der Waals surface area contributed by atoms with Gasteiger partial charge in [0.15, 0.2) is 0 Å². The summed E-state index contributed by atoms with van der Waals surface area (Å²) in [4.78, 5) is 0. The highest BCUT2D eigenvalue weighted by molar-refractivity contribution is 7.84. The lowest BCUT2D eigenvalue weighted by Crippen LogP contribution is -1.90. The monoisotopic (exact) mass is 199 g/mol. The zero-order valence-corrected chi connectivity index (χ0v) is 8.89. The average molecular weight is 199 g/mol. The van der Waals surface area contributed by atoms with Crippen molar-refractivity contribution in [3.63, 3.8) is 0 Å².